The third kappa shape index (κ3) is 3.83. The number of nitriles is 1. The van der Waals surface area contributed by atoms with Gasteiger partial charge in [-0.2, -0.15) is 5.26 Å². The number of aromatic nitrogens is 1. The van der Waals surface area contributed by atoms with E-state index < -0.39 is 0 Å². The van der Waals surface area contributed by atoms with Gasteiger partial charge < -0.3 is 9.80 Å². The average molecular weight is 395 g/mol. The van der Waals surface area contributed by atoms with E-state index in [1.807, 2.05) is 29.2 Å². The van der Waals surface area contributed by atoms with Crippen molar-refractivity contribution in [2.45, 2.75) is 32.1 Å². The summed E-state index contributed by atoms with van der Waals surface area (Å²) in [5.41, 5.74) is 2.77. The second-order valence-electron chi connectivity index (χ2n) is 7.50. The van der Waals surface area contributed by atoms with Gasteiger partial charge in [0.1, 0.15) is 11.9 Å². The van der Waals surface area contributed by atoms with Crippen molar-refractivity contribution < 1.29 is 4.79 Å². The van der Waals surface area contributed by atoms with Gasteiger partial charge in [0, 0.05) is 42.5 Å². The highest BCUT2D eigenvalue weighted by Crippen LogP contribution is 2.32. The van der Waals surface area contributed by atoms with Gasteiger partial charge in [-0.1, -0.05) is 11.6 Å². The molecule has 1 amide bonds. The molecule has 2 aliphatic rings. The van der Waals surface area contributed by atoms with E-state index in [0.29, 0.717) is 5.56 Å². The van der Waals surface area contributed by atoms with Crippen molar-refractivity contribution in [1.29, 1.82) is 5.26 Å². The van der Waals surface area contributed by atoms with Gasteiger partial charge in [-0.05, 0) is 68.0 Å². The molecule has 0 aliphatic carbocycles. The van der Waals surface area contributed by atoms with Crippen molar-refractivity contribution in [3.8, 4) is 6.07 Å². The molecule has 0 unspecified atom stereocenters. The highest BCUT2D eigenvalue weighted by atomic mass is 35.5. The molecule has 0 bridgehead atoms. The number of piperidine rings is 1. The monoisotopic (exact) mass is 394 g/mol. The highest BCUT2D eigenvalue weighted by Gasteiger charge is 2.31. The smallest absolute Gasteiger partial charge is 0.230 e. The summed E-state index contributed by atoms with van der Waals surface area (Å²) >= 11 is 6.17. The van der Waals surface area contributed by atoms with E-state index >= 15 is 0 Å². The van der Waals surface area contributed by atoms with Crippen molar-refractivity contribution in [3.05, 3.63) is 52.7 Å². The molecule has 0 radical (unpaired) electrons. The highest BCUT2D eigenvalue weighted by molar-refractivity contribution is 6.30. The number of hydrogen-bond donors (Lipinski definition) is 0. The number of fused-ring (bicyclic) bond motifs is 1. The summed E-state index contributed by atoms with van der Waals surface area (Å²) in [7, 11) is 0. The third-order valence-corrected chi connectivity index (χ3v) is 5.96. The molecule has 1 aromatic heterocycles. The second-order valence-corrected chi connectivity index (χ2v) is 7.93. The number of carbonyl (C=O) groups excluding carboxylic acids is 1. The van der Waals surface area contributed by atoms with Gasteiger partial charge in [0.2, 0.25) is 5.91 Å². The number of benzene rings is 1. The first-order valence-corrected chi connectivity index (χ1v) is 10.2. The van der Waals surface area contributed by atoms with Crippen LogP contribution in [-0.4, -0.2) is 30.5 Å². The minimum Gasteiger partial charge on any atom is -0.357 e. The molecule has 2 aliphatic heterocycles. The van der Waals surface area contributed by atoms with Gasteiger partial charge in [0.25, 0.3) is 0 Å². The van der Waals surface area contributed by atoms with Crippen molar-refractivity contribution >= 4 is 29.0 Å². The molecule has 2 aromatic rings. The summed E-state index contributed by atoms with van der Waals surface area (Å²) in [4.78, 5) is 21.9. The van der Waals surface area contributed by atoms with E-state index in [9.17, 15) is 4.79 Å². The predicted octanol–water partition coefficient (Wildman–Crippen LogP) is 4.19. The largest absolute Gasteiger partial charge is 0.357 e. The molecule has 3 heterocycles. The molecular weight excluding hydrogens is 372 g/mol. The van der Waals surface area contributed by atoms with Crippen LogP contribution in [0.25, 0.3) is 0 Å². The van der Waals surface area contributed by atoms with Crippen molar-refractivity contribution in [2.24, 2.45) is 5.92 Å². The van der Waals surface area contributed by atoms with Crippen LogP contribution in [-0.2, 0) is 11.2 Å². The Morgan fingerprint density at radius 2 is 1.96 bits per heavy atom. The summed E-state index contributed by atoms with van der Waals surface area (Å²) < 4.78 is 0. The number of rotatable bonds is 2. The van der Waals surface area contributed by atoms with Crippen LogP contribution in [0.5, 0.6) is 0 Å². The molecule has 0 spiro atoms. The van der Waals surface area contributed by atoms with Crippen LogP contribution in [0, 0.1) is 17.2 Å². The number of pyridine rings is 1. The van der Waals surface area contributed by atoms with Gasteiger partial charge in [0.15, 0.2) is 0 Å². The Labute approximate surface area is 170 Å². The van der Waals surface area contributed by atoms with Crippen LogP contribution < -0.4 is 9.80 Å². The summed E-state index contributed by atoms with van der Waals surface area (Å²) in [6.45, 7) is 2.39. The Bertz CT molecular complexity index is 898. The first-order chi connectivity index (χ1) is 13.7. The lowest BCUT2D eigenvalue weighted by molar-refractivity contribution is -0.123. The number of carbonyl (C=O) groups is 1. The molecule has 6 heteroatoms. The fourth-order valence-electron chi connectivity index (χ4n) is 4.17. The summed E-state index contributed by atoms with van der Waals surface area (Å²) in [6, 6.07) is 11.6. The fourth-order valence-corrected chi connectivity index (χ4v) is 4.36. The van der Waals surface area contributed by atoms with Crippen molar-refractivity contribution in [2.75, 3.05) is 29.4 Å². The molecule has 1 aromatic carbocycles. The maximum Gasteiger partial charge on any atom is 0.230 e. The Balaban J connectivity index is 1.45. The van der Waals surface area contributed by atoms with Crippen LogP contribution in [0.3, 0.4) is 0 Å². The Morgan fingerprint density at radius 3 is 2.68 bits per heavy atom. The number of amides is 1. The summed E-state index contributed by atoms with van der Waals surface area (Å²) in [5.74, 6) is 1.15. The van der Waals surface area contributed by atoms with Gasteiger partial charge in [-0.3, -0.25) is 4.79 Å². The minimum absolute atomic E-state index is 0.0382. The average Bonchev–Trinajstić information content (AvgIpc) is 2.95. The standard InChI is InChI=1S/C22H23ClN4O/c23-19-5-6-20-18(13-19)3-1-2-10-27(20)22(28)17-8-11-26(12-9-17)21-7-4-16(14-24)15-25-21/h4-7,13,15,17H,1-3,8-12H2. The third-order valence-electron chi connectivity index (χ3n) is 5.72. The number of halogens is 1. The number of aryl methyl sites for hydroxylation is 1. The van der Waals surface area contributed by atoms with E-state index in [1.165, 1.54) is 5.56 Å². The maximum atomic E-state index is 13.3. The quantitative estimate of drug-likeness (QED) is 0.766. The summed E-state index contributed by atoms with van der Waals surface area (Å²) in [6.07, 6.45) is 6.32. The lowest BCUT2D eigenvalue weighted by atomic mass is 9.94. The van der Waals surface area contributed by atoms with E-state index in [4.69, 9.17) is 16.9 Å². The Morgan fingerprint density at radius 1 is 1.14 bits per heavy atom. The topological polar surface area (TPSA) is 60.2 Å². The number of anilines is 2. The molecule has 144 valence electrons. The van der Waals surface area contributed by atoms with Crippen molar-refractivity contribution in [3.63, 3.8) is 0 Å². The molecule has 5 nitrogen and oxygen atoms in total. The molecule has 0 atom stereocenters. The maximum absolute atomic E-state index is 13.3. The molecule has 1 fully saturated rings. The minimum atomic E-state index is 0.0382. The molecule has 28 heavy (non-hydrogen) atoms. The van der Waals surface area contributed by atoms with E-state index in [2.05, 4.69) is 16.0 Å². The Kier molecular flexibility index (Phi) is 5.50. The Hall–Kier alpha value is -2.58. The number of nitrogens with zero attached hydrogens (tertiary/aromatic N) is 4. The fraction of sp³-hybridized carbons (Fsp3) is 0.409. The van der Waals surface area contributed by atoms with Gasteiger partial charge in [-0.15, -0.1) is 0 Å². The van der Waals surface area contributed by atoms with Crippen LogP contribution in [0.2, 0.25) is 5.02 Å². The zero-order valence-corrected chi connectivity index (χ0v) is 16.5. The SMILES string of the molecule is N#Cc1ccc(N2CCC(C(=O)N3CCCCc4cc(Cl)ccc43)CC2)nc1. The molecule has 0 saturated carbocycles. The number of hydrogen-bond acceptors (Lipinski definition) is 4. The predicted molar refractivity (Wildman–Crippen MR) is 111 cm³/mol. The molecule has 1 saturated heterocycles. The lowest BCUT2D eigenvalue weighted by Gasteiger charge is -2.35. The van der Waals surface area contributed by atoms with Crippen LogP contribution >= 0.6 is 11.6 Å². The van der Waals surface area contributed by atoms with Gasteiger partial charge in [0.05, 0.1) is 5.56 Å². The van der Waals surface area contributed by atoms with Gasteiger partial charge >= 0.3 is 0 Å². The van der Waals surface area contributed by atoms with Crippen LogP contribution in [0.4, 0.5) is 11.5 Å². The summed E-state index contributed by atoms with van der Waals surface area (Å²) in [5, 5.41) is 9.64. The van der Waals surface area contributed by atoms with Gasteiger partial charge in [-0.25, -0.2) is 4.98 Å². The van der Waals surface area contributed by atoms with E-state index in [0.717, 1.165) is 68.3 Å². The van der Waals surface area contributed by atoms with Crippen LogP contribution in [0.1, 0.15) is 36.8 Å². The van der Waals surface area contributed by atoms with E-state index in [1.54, 1.807) is 12.3 Å². The first-order valence-electron chi connectivity index (χ1n) is 9.86. The second kappa shape index (κ2) is 8.20. The van der Waals surface area contributed by atoms with Crippen molar-refractivity contribution in [1.82, 2.24) is 4.98 Å². The zero-order chi connectivity index (χ0) is 19.5. The molecular formula is C22H23ClN4O. The normalized spacial score (nSPS) is 17.6. The first kappa shape index (κ1) is 18.8. The van der Waals surface area contributed by atoms with E-state index in [-0.39, 0.29) is 11.8 Å². The molecule has 0 N–H and O–H groups in total. The lowest BCUT2D eigenvalue weighted by Crippen LogP contribution is -2.43. The van der Waals surface area contributed by atoms with Crippen LogP contribution in [0.15, 0.2) is 36.5 Å². The zero-order valence-electron chi connectivity index (χ0n) is 15.8. The molecule has 4 rings (SSSR count).